The van der Waals surface area contributed by atoms with E-state index in [1.807, 2.05) is 30.3 Å². The number of rotatable bonds is 5. The molecule has 0 aliphatic rings. The van der Waals surface area contributed by atoms with Crippen LogP contribution in [0.3, 0.4) is 0 Å². The van der Waals surface area contributed by atoms with E-state index in [9.17, 15) is 22.0 Å². The van der Waals surface area contributed by atoms with Crippen LogP contribution in [0.25, 0.3) is 11.1 Å². The molecule has 1 atom stereocenters. The zero-order valence-electron chi connectivity index (χ0n) is 11.4. The van der Waals surface area contributed by atoms with Crippen LogP contribution in [0.15, 0.2) is 54.6 Å². The number of ether oxygens (including phenoxy) is 1. The van der Waals surface area contributed by atoms with Crippen LogP contribution in [-0.2, 0) is 11.3 Å². The monoisotopic (exact) mass is 316 g/mol. The summed E-state index contributed by atoms with van der Waals surface area (Å²) in [6, 6.07) is 15.9. The number of alkyl halides is 5. The fourth-order valence-electron chi connectivity index (χ4n) is 1.92. The Hall–Kier alpha value is -1.95. The molecule has 0 radical (unpaired) electrons. The minimum atomic E-state index is -5.09. The minimum absolute atomic E-state index is 0.398. The molecule has 0 saturated heterocycles. The van der Waals surface area contributed by atoms with Crippen LogP contribution < -0.4 is 0 Å². The lowest BCUT2D eigenvalue weighted by Gasteiger charge is -2.19. The van der Waals surface area contributed by atoms with Crippen LogP contribution in [0.1, 0.15) is 5.56 Å². The normalized spacial score (nSPS) is 13.4. The predicted molar refractivity (Wildman–Crippen MR) is 72.5 cm³/mol. The smallest absolute Gasteiger partial charge is 0.359 e. The SMILES string of the molecule is FC(F)C(OCc1ccc(-c2ccccc2)cc1)C(F)(F)F. The van der Waals surface area contributed by atoms with E-state index in [1.54, 1.807) is 24.3 Å². The lowest BCUT2D eigenvalue weighted by atomic mass is 10.0. The fraction of sp³-hybridized carbons (Fsp3) is 0.250. The summed E-state index contributed by atoms with van der Waals surface area (Å²) >= 11 is 0. The van der Waals surface area contributed by atoms with Gasteiger partial charge >= 0.3 is 6.18 Å². The van der Waals surface area contributed by atoms with Gasteiger partial charge in [0.2, 0.25) is 6.10 Å². The molecule has 0 saturated carbocycles. The van der Waals surface area contributed by atoms with Gasteiger partial charge in [0.1, 0.15) is 0 Å². The lowest BCUT2D eigenvalue weighted by molar-refractivity contribution is -0.256. The first kappa shape index (κ1) is 16.4. The molecule has 118 valence electrons. The average Bonchev–Trinajstić information content (AvgIpc) is 2.47. The molecule has 0 bridgehead atoms. The van der Waals surface area contributed by atoms with Gasteiger partial charge in [-0.05, 0) is 16.7 Å². The molecule has 22 heavy (non-hydrogen) atoms. The molecule has 2 rings (SSSR count). The molecule has 0 amide bonds. The highest BCUT2D eigenvalue weighted by Gasteiger charge is 2.47. The lowest BCUT2D eigenvalue weighted by Crippen LogP contribution is -2.37. The van der Waals surface area contributed by atoms with E-state index in [2.05, 4.69) is 4.74 Å². The van der Waals surface area contributed by atoms with Crippen LogP contribution >= 0.6 is 0 Å². The maximum atomic E-state index is 12.4. The maximum Gasteiger partial charge on any atom is 0.420 e. The van der Waals surface area contributed by atoms with Crippen molar-refractivity contribution in [2.45, 2.75) is 25.3 Å². The van der Waals surface area contributed by atoms with Crippen molar-refractivity contribution >= 4 is 0 Å². The second kappa shape index (κ2) is 6.87. The van der Waals surface area contributed by atoms with Gasteiger partial charge in [0, 0.05) is 0 Å². The molecule has 2 aromatic rings. The Labute approximate surface area is 124 Å². The third kappa shape index (κ3) is 4.27. The Morgan fingerprint density at radius 2 is 1.36 bits per heavy atom. The Kier molecular flexibility index (Phi) is 5.13. The Balaban J connectivity index is 2.03. The predicted octanol–water partition coefficient (Wildman–Crippen LogP) is 5.07. The molecule has 1 unspecified atom stereocenters. The van der Waals surface area contributed by atoms with Gasteiger partial charge in [-0.2, -0.15) is 13.2 Å². The summed E-state index contributed by atoms with van der Waals surface area (Å²) in [6.07, 6.45) is -11.8. The summed E-state index contributed by atoms with van der Waals surface area (Å²) in [7, 11) is 0. The standard InChI is InChI=1S/C16H13F5O/c17-15(18)14(16(19,20)21)22-10-11-6-8-13(9-7-11)12-4-2-1-3-5-12/h1-9,14-15H,10H2. The molecule has 0 aliphatic carbocycles. The second-order valence-electron chi connectivity index (χ2n) is 4.67. The van der Waals surface area contributed by atoms with E-state index in [0.717, 1.165) is 11.1 Å². The molecule has 6 heteroatoms. The van der Waals surface area contributed by atoms with Crippen LogP contribution in [-0.4, -0.2) is 18.7 Å². The Bertz CT molecular complexity index is 578. The molecule has 0 N–H and O–H groups in total. The average molecular weight is 316 g/mol. The van der Waals surface area contributed by atoms with Gasteiger partial charge in [-0.1, -0.05) is 54.6 Å². The van der Waals surface area contributed by atoms with Gasteiger partial charge in [0.05, 0.1) is 6.61 Å². The van der Waals surface area contributed by atoms with E-state index in [1.165, 1.54) is 0 Å². The molecular weight excluding hydrogens is 303 g/mol. The van der Waals surface area contributed by atoms with Gasteiger partial charge in [-0.15, -0.1) is 0 Å². The van der Waals surface area contributed by atoms with Crippen molar-refractivity contribution in [1.82, 2.24) is 0 Å². The van der Waals surface area contributed by atoms with Crippen molar-refractivity contribution in [3.05, 3.63) is 60.2 Å². The summed E-state index contributed by atoms with van der Waals surface area (Å²) < 4.78 is 66.1. The maximum absolute atomic E-state index is 12.4. The van der Waals surface area contributed by atoms with Crippen molar-refractivity contribution in [3.8, 4) is 11.1 Å². The number of benzene rings is 2. The number of halogens is 5. The first-order chi connectivity index (χ1) is 10.4. The van der Waals surface area contributed by atoms with Gasteiger partial charge in [-0.25, -0.2) is 8.78 Å². The first-order valence-electron chi connectivity index (χ1n) is 6.49. The molecule has 1 nitrogen and oxygen atoms in total. The van der Waals surface area contributed by atoms with Crippen molar-refractivity contribution in [2.75, 3.05) is 0 Å². The van der Waals surface area contributed by atoms with Crippen molar-refractivity contribution in [3.63, 3.8) is 0 Å². The summed E-state index contributed by atoms with van der Waals surface area (Å²) in [6.45, 7) is -0.524. The topological polar surface area (TPSA) is 9.23 Å². The van der Waals surface area contributed by atoms with E-state index < -0.39 is 25.3 Å². The van der Waals surface area contributed by atoms with Crippen LogP contribution in [0, 0.1) is 0 Å². The summed E-state index contributed by atoms with van der Waals surface area (Å²) in [5.74, 6) is 0. The van der Waals surface area contributed by atoms with E-state index in [4.69, 9.17) is 0 Å². The largest absolute Gasteiger partial charge is 0.420 e. The number of hydrogen-bond acceptors (Lipinski definition) is 1. The molecule has 0 aliphatic heterocycles. The molecule has 0 heterocycles. The van der Waals surface area contributed by atoms with Crippen molar-refractivity contribution in [2.24, 2.45) is 0 Å². The molecular formula is C16H13F5O. The van der Waals surface area contributed by atoms with Gasteiger partial charge in [0.25, 0.3) is 6.43 Å². The molecule has 0 fully saturated rings. The fourth-order valence-corrected chi connectivity index (χ4v) is 1.92. The molecule has 2 aromatic carbocycles. The Morgan fingerprint density at radius 3 is 1.86 bits per heavy atom. The summed E-state index contributed by atoms with van der Waals surface area (Å²) in [4.78, 5) is 0. The zero-order valence-corrected chi connectivity index (χ0v) is 11.4. The third-order valence-corrected chi connectivity index (χ3v) is 3.04. The summed E-state index contributed by atoms with van der Waals surface area (Å²) in [5, 5.41) is 0. The van der Waals surface area contributed by atoms with E-state index in [0.29, 0.717) is 5.56 Å². The van der Waals surface area contributed by atoms with Crippen LogP contribution in [0.2, 0.25) is 0 Å². The second-order valence-corrected chi connectivity index (χ2v) is 4.67. The Morgan fingerprint density at radius 1 is 0.818 bits per heavy atom. The molecule has 0 spiro atoms. The third-order valence-electron chi connectivity index (χ3n) is 3.04. The van der Waals surface area contributed by atoms with E-state index >= 15 is 0 Å². The highest BCUT2D eigenvalue weighted by Crippen LogP contribution is 2.28. The van der Waals surface area contributed by atoms with Crippen molar-refractivity contribution in [1.29, 1.82) is 0 Å². The number of hydrogen-bond donors (Lipinski definition) is 0. The van der Waals surface area contributed by atoms with Gasteiger partial charge in [0.15, 0.2) is 0 Å². The highest BCUT2D eigenvalue weighted by atomic mass is 19.4. The van der Waals surface area contributed by atoms with Gasteiger partial charge in [-0.3, -0.25) is 0 Å². The first-order valence-corrected chi connectivity index (χ1v) is 6.49. The van der Waals surface area contributed by atoms with Gasteiger partial charge < -0.3 is 4.74 Å². The minimum Gasteiger partial charge on any atom is -0.359 e. The highest BCUT2D eigenvalue weighted by molar-refractivity contribution is 5.63. The van der Waals surface area contributed by atoms with Crippen molar-refractivity contribution < 1.29 is 26.7 Å². The van der Waals surface area contributed by atoms with Crippen LogP contribution in [0.5, 0.6) is 0 Å². The summed E-state index contributed by atoms with van der Waals surface area (Å²) in [5.41, 5.74) is 2.23. The van der Waals surface area contributed by atoms with Crippen LogP contribution in [0.4, 0.5) is 22.0 Å². The zero-order chi connectivity index (χ0) is 16.2. The molecule has 0 aromatic heterocycles. The quantitative estimate of drug-likeness (QED) is 0.700. The van der Waals surface area contributed by atoms with E-state index in [-0.39, 0.29) is 0 Å².